The van der Waals surface area contributed by atoms with Crippen LogP contribution in [0.3, 0.4) is 0 Å². The molecule has 0 atom stereocenters. The van der Waals surface area contributed by atoms with E-state index in [1.165, 1.54) is 6.07 Å². The number of rotatable bonds is 3. The normalized spacial score (nSPS) is 15.9. The lowest BCUT2D eigenvalue weighted by Crippen LogP contribution is -2.46. The van der Waals surface area contributed by atoms with Crippen molar-refractivity contribution in [3.8, 4) is 0 Å². The zero-order valence-electron chi connectivity index (χ0n) is 14.5. The summed E-state index contributed by atoms with van der Waals surface area (Å²) in [7, 11) is 0. The Kier molecular flexibility index (Phi) is 4.09. The molecule has 0 amide bonds. The molecular formula is C18H21FN6. The molecule has 1 aromatic carbocycles. The lowest BCUT2D eigenvalue weighted by atomic mass is 10.1. The van der Waals surface area contributed by atoms with Crippen LogP contribution in [-0.2, 0) is 6.54 Å². The lowest BCUT2D eigenvalue weighted by molar-refractivity contribution is 0.249. The van der Waals surface area contributed by atoms with E-state index in [1.54, 1.807) is 23.0 Å². The quantitative estimate of drug-likeness (QED) is 0.732. The second-order valence-corrected chi connectivity index (χ2v) is 6.55. The number of hydrogen-bond donors (Lipinski definition) is 0. The maximum Gasteiger partial charge on any atom is 0.201 e. The predicted molar refractivity (Wildman–Crippen MR) is 94.1 cm³/mol. The van der Waals surface area contributed by atoms with Crippen LogP contribution in [0.4, 0.5) is 10.1 Å². The number of aryl methyl sites for hydroxylation is 1. The first kappa shape index (κ1) is 16.0. The van der Waals surface area contributed by atoms with Crippen molar-refractivity contribution in [3.05, 3.63) is 53.2 Å². The van der Waals surface area contributed by atoms with Crippen molar-refractivity contribution in [2.75, 3.05) is 31.1 Å². The van der Waals surface area contributed by atoms with Gasteiger partial charge in [-0.05, 0) is 37.1 Å². The third-order valence-electron chi connectivity index (χ3n) is 4.88. The van der Waals surface area contributed by atoms with Crippen molar-refractivity contribution in [1.29, 1.82) is 0 Å². The molecule has 1 saturated heterocycles. The van der Waals surface area contributed by atoms with Crippen molar-refractivity contribution in [2.24, 2.45) is 0 Å². The van der Waals surface area contributed by atoms with Crippen LogP contribution in [0.1, 0.15) is 16.8 Å². The predicted octanol–water partition coefficient (Wildman–Crippen LogP) is 2.20. The van der Waals surface area contributed by atoms with Crippen LogP contribution in [0.15, 0.2) is 30.6 Å². The van der Waals surface area contributed by atoms with Crippen molar-refractivity contribution >= 4 is 11.3 Å². The number of halogens is 1. The van der Waals surface area contributed by atoms with Gasteiger partial charge in [-0.15, -0.1) is 10.2 Å². The van der Waals surface area contributed by atoms with Crippen LogP contribution < -0.4 is 4.90 Å². The molecule has 0 saturated carbocycles. The highest BCUT2D eigenvalue weighted by Crippen LogP contribution is 2.27. The summed E-state index contributed by atoms with van der Waals surface area (Å²) in [5.74, 6) is -0.173. The minimum absolute atomic E-state index is 0.173. The first-order valence-corrected chi connectivity index (χ1v) is 8.51. The Morgan fingerprint density at radius 1 is 1.12 bits per heavy atom. The Morgan fingerprint density at radius 2 is 1.92 bits per heavy atom. The molecule has 7 heteroatoms. The molecule has 0 spiro atoms. The topological polar surface area (TPSA) is 49.6 Å². The number of benzene rings is 1. The van der Waals surface area contributed by atoms with E-state index in [1.807, 2.05) is 13.0 Å². The fourth-order valence-corrected chi connectivity index (χ4v) is 3.44. The van der Waals surface area contributed by atoms with Crippen LogP contribution in [0, 0.1) is 19.7 Å². The van der Waals surface area contributed by atoms with Gasteiger partial charge in [0.25, 0.3) is 0 Å². The second kappa shape index (κ2) is 6.40. The fraction of sp³-hybridized carbons (Fsp3) is 0.389. The summed E-state index contributed by atoms with van der Waals surface area (Å²) < 4.78 is 15.1. The maximum atomic E-state index is 13.4. The molecule has 0 aliphatic carbocycles. The Hall–Kier alpha value is -2.54. The van der Waals surface area contributed by atoms with Gasteiger partial charge in [-0.2, -0.15) is 9.61 Å². The van der Waals surface area contributed by atoms with Crippen molar-refractivity contribution < 1.29 is 4.39 Å². The average Bonchev–Trinajstić information content (AvgIpc) is 3.05. The Morgan fingerprint density at radius 3 is 2.68 bits per heavy atom. The first-order valence-electron chi connectivity index (χ1n) is 8.51. The Bertz CT molecular complexity index is 898. The van der Waals surface area contributed by atoms with E-state index in [4.69, 9.17) is 0 Å². The molecule has 1 fully saturated rings. The van der Waals surface area contributed by atoms with Gasteiger partial charge in [0.2, 0.25) is 5.65 Å². The van der Waals surface area contributed by atoms with E-state index in [9.17, 15) is 4.39 Å². The largest absolute Gasteiger partial charge is 0.366 e. The van der Waals surface area contributed by atoms with Crippen molar-refractivity contribution in [1.82, 2.24) is 24.7 Å². The molecule has 0 bridgehead atoms. The molecule has 1 aliphatic heterocycles. The molecule has 130 valence electrons. The van der Waals surface area contributed by atoms with Gasteiger partial charge < -0.3 is 4.90 Å². The van der Waals surface area contributed by atoms with E-state index in [0.717, 1.165) is 60.9 Å². The summed E-state index contributed by atoms with van der Waals surface area (Å²) in [5, 5.41) is 12.7. The van der Waals surface area contributed by atoms with Crippen LogP contribution in [-0.4, -0.2) is 50.9 Å². The number of anilines is 1. The minimum atomic E-state index is -0.173. The smallest absolute Gasteiger partial charge is 0.201 e. The van der Waals surface area contributed by atoms with E-state index in [-0.39, 0.29) is 5.82 Å². The van der Waals surface area contributed by atoms with Gasteiger partial charge in [0.15, 0.2) is 0 Å². The van der Waals surface area contributed by atoms with Crippen molar-refractivity contribution in [2.45, 2.75) is 20.4 Å². The van der Waals surface area contributed by atoms with Gasteiger partial charge in [0.05, 0.1) is 11.4 Å². The summed E-state index contributed by atoms with van der Waals surface area (Å²) in [5.41, 5.74) is 5.09. The molecule has 25 heavy (non-hydrogen) atoms. The number of nitrogens with zero attached hydrogens (tertiary/aromatic N) is 6. The molecule has 2 aromatic heterocycles. The van der Waals surface area contributed by atoms with Gasteiger partial charge in [0, 0.05) is 32.7 Å². The van der Waals surface area contributed by atoms with Crippen LogP contribution in [0.2, 0.25) is 0 Å². The maximum absolute atomic E-state index is 13.4. The van der Waals surface area contributed by atoms with Crippen molar-refractivity contribution in [3.63, 3.8) is 0 Å². The van der Waals surface area contributed by atoms with Gasteiger partial charge in [-0.25, -0.2) is 4.39 Å². The summed E-state index contributed by atoms with van der Waals surface area (Å²) in [6.45, 7) is 8.55. The highest BCUT2D eigenvalue weighted by atomic mass is 19.1. The van der Waals surface area contributed by atoms with E-state index in [0.29, 0.717) is 0 Å². The standard InChI is InChI=1S/C18H21FN6/c1-13-14(2)22-25-12-20-21-18(25)17(13)24-8-6-23(7-9-24)11-15-4-3-5-16(19)10-15/h3-5,10,12H,6-9,11H2,1-2H3. The summed E-state index contributed by atoms with van der Waals surface area (Å²) in [6, 6.07) is 6.85. The third kappa shape index (κ3) is 3.07. The second-order valence-electron chi connectivity index (χ2n) is 6.55. The summed E-state index contributed by atoms with van der Waals surface area (Å²) in [4.78, 5) is 4.71. The molecule has 0 unspecified atom stereocenters. The SMILES string of the molecule is Cc1nn2cnnc2c(N2CCN(Cc3cccc(F)c3)CC2)c1C. The molecular weight excluding hydrogens is 319 g/mol. The van der Waals surface area contributed by atoms with Gasteiger partial charge in [-0.1, -0.05) is 12.1 Å². The van der Waals surface area contributed by atoms with Crippen LogP contribution >= 0.6 is 0 Å². The monoisotopic (exact) mass is 340 g/mol. The first-order chi connectivity index (χ1) is 12.1. The lowest BCUT2D eigenvalue weighted by Gasteiger charge is -2.36. The zero-order chi connectivity index (χ0) is 17.4. The molecule has 6 nitrogen and oxygen atoms in total. The molecule has 4 rings (SSSR count). The average molecular weight is 340 g/mol. The van der Waals surface area contributed by atoms with E-state index >= 15 is 0 Å². The third-order valence-corrected chi connectivity index (χ3v) is 4.88. The van der Waals surface area contributed by atoms with Gasteiger partial charge >= 0.3 is 0 Å². The summed E-state index contributed by atoms with van der Waals surface area (Å²) >= 11 is 0. The van der Waals surface area contributed by atoms with E-state index < -0.39 is 0 Å². The van der Waals surface area contributed by atoms with Crippen LogP contribution in [0.5, 0.6) is 0 Å². The molecule has 1 aliphatic rings. The van der Waals surface area contributed by atoms with Crippen LogP contribution in [0.25, 0.3) is 5.65 Å². The Labute approximate surface area is 145 Å². The number of fused-ring (bicyclic) bond motifs is 1. The highest BCUT2D eigenvalue weighted by Gasteiger charge is 2.23. The van der Waals surface area contributed by atoms with Gasteiger partial charge in [-0.3, -0.25) is 4.90 Å². The van der Waals surface area contributed by atoms with Gasteiger partial charge in [0.1, 0.15) is 12.1 Å². The fourth-order valence-electron chi connectivity index (χ4n) is 3.44. The zero-order valence-corrected chi connectivity index (χ0v) is 14.5. The summed E-state index contributed by atoms with van der Waals surface area (Å²) in [6.07, 6.45) is 1.64. The molecule has 3 aromatic rings. The van der Waals surface area contributed by atoms with E-state index in [2.05, 4.69) is 32.0 Å². The number of aromatic nitrogens is 4. The molecule has 0 radical (unpaired) electrons. The molecule has 3 heterocycles. The number of piperazine rings is 1. The highest BCUT2D eigenvalue weighted by molar-refractivity contribution is 5.72. The molecule has 0 N–H and O–H groups in total. The number of hydrogen-bond acceptors (Lipinski definition) is 5. The minimum Gasteiger partial charge on any atom is -0.366 e. The Balaban J connectivity index is 1.51.